The first-order valence-corrected chi connectivity index (χ1v) is 13.3. The molecule has 0 aliphatic carbocycles. The first-order valence-electron chi connectivity index (χ1n) is 13.3. The fourth-order valence-electron chi connectivity index (χ4n) is 5.75. The molecule has 0 radical (unpaired) electrons. The first kappa shape index (κ1) is 25.3. The normalized spacial score (nSPS) is 15.4. The summed E-state index contributed by atoms with van der Waals surface area (Å²) in [6.07, 6.45) is 9.62. The number of methoxy groups -OCH3 is 1. The summed E-state index contributed by atoms with van der Waals surface area (Å²) in [6.45, 7) is 10.8. The topological polar surface area (TPSA) is 84.2 Å². The van der Waals surface area contributed by atoms with Crippen LogP contribution in [-0.2, 0) is 0 Å². The molecule has 1 aliphatic rings. The molecule has 9 heteroatoms. The number of ether oxygens (including phenoxy) is 1. The minimum Gasteiger partial charge on any atom is -0.493 e. The van der Waals surface area contributed by atoms with Crippen molar-refractivity contribution in [2.24, 2.45) is 0 Å². The van der Waals surface area contributed by atoms with Crippen molar-refractivity contribution in [3.63, 3.8) is 0 Å². The molecule has 0 spiro atoms. The Morgan fingerprint density at radius 3 is 2.51 bits per heavy atom. The van der Waals surface area contributed by atoms with E-state index in [0.29, 0.717) is 34.7 Å². The number of nitrogens with one attached hydrogen (secondary N) is 1. The van der Waals surface area contributed by atoms with Gasteiger partial charge >= 0.3 is 0 Å². The lowest BCUT2D eigenvalue weighted by Gasteiger charge is -2.37. The van der Waals surface area contributed by atoms with E-state index < -0.39 is 0 Å². The molecule has 0 bridgehead atoms. The van der Waals surface area contributed by atoms with Gasteiger partial charge in [-0.05, 0) is 68.3 Å². The van der Waals surface area contributed by atoms with Gasteiger partial charge in [-0.2, -0.15) is 10.2 Å². The lowest BCUT2D eigenvalue weighted by molar-refractivity contribution is 0.144. The number of aromatic nitrogens is 6. The number of aromatic amines is 1. The number of hydrogen-bond acceptors (Lipinski definition) is 6. The molecule has 0 saturated carbocycles. The number of fused-ring (bicyclic) bond motifs is 1. The van der Waals surface area contributed by atoms with Gasteiger partial charge in [-0.15, -0.1) is 0 Å². The monoisotopic (exact) mass is 505 g/mol. The van der Waals surface area contributed by atoms with Gasteiger partial charge in [0.1, 0.15) is 12.0 Å². The molecule has 0 atom stereocenters. The van der Waals surface area contributed by atoms with Gasteiger partial charge in [0.15, 0.2) is 17.2 Å². The summed E-state index contributed by atoms with van der Waals surface area (Å²) in [4.78, 5) is 11.5. The molecular weight excluding hydrogens is 469 g/mol. The van der Waals surface area contributed by atoms with Crippen LogP contribution >= 0.6 is 0 Å². The number of nitrogens with zero attached hydrogens (tertiary/aromatic N) is 6. The molecule has 37 heavy (non-hydrogen) atoms. The molecular formula is C28H36FN7O. The third kappa shape index (κ3) is 4.72. The zero-order valence-corrected chi connectivity index (χ0v) is 22.3. The Labute approximate surface area is 217 Å². The predicted octanol–water partition coefficient (Wildman–Crippen LogP) is 5.82. The van der Waals surface area contributed by atoms with Gasteiger partial charge in [-0.1, -0.05) is 27.7 Å². The molecule has 4 aromatic heterocycles. The highest BCUT2D eigenvalue weighted by atomic mass is 19.1. The highest BCUT2D eigenvalue weighted by Gasteiger charge is 2.27. The van der Waals surface area contributed by atoms with E-state index in [1.54, 1.807) is 17.7 Å². The van der Waals surface area contributed by atoms with Crippen LogP contribution in [-0.4, -0.2) is 60.9 Å². The number of rotatable bonds is 8. The van der Waals surface area contributed by atoms with Crippen LogP contribution in [0, 0.1) is 5.82 Å². The van der Waals surface area contributed by atoms with Gasteiger partial charge in [-0.25, -0.2) is 13.9 Å². The van der Waals surface area contributed by atoms with Crippen LogP contribution in [0.15, 0.2) is 30.9 Å². The van der Waals surface area contributed by atoms with E-state index >= 15 is 4.39 Å². The van der Waals surface area contributed by atoms with Crippen molar-refractivity contribution in [1.29, 1.82) is 0 Å². The molecule has 5 heterocycles. The van der Waals surface area contributed by atoms with Crippen molar-refractivity contribution in [3.05, 3.63) is 47.8 Å². The molecule has 196 valence electrons. The Morgan fingerprint density at radius 1 is 1.11 bits per heavy atom. The molecule has 0 aromatic carbocycles. The van der Waals surface area contributed by atoms with Crippen molar-refractivity contribution in [1.82, 2.24) is 34.7 Å². The maximum atomic E-state index is 15.6. The summed E-state index contributed by atoms with van der Waals surface area (Å²) in [5.74, 6) is 0.696. The third-order valence-corrected chi connectivity index (χ3v) is 7.78. The lowest BCUT2D eigenvalue weighted by Crippen LogP contribution is -2.40. The number of likely N-dealkylation sites (tertiary alicyclic amines) is 1. The second-order valence-electron chi connectivity index (χ2n) is 10.2. The van der Waals surface area contributed by atoms with Crippen LogP contribution in [0.1, 0.15) is 76.3 Å². The maximum absolute atomic E-state index is 15.6. The summed E-state index contributed by atoms with van der Waals surface area (Å²) in [6, 6.07) is 4.21. The van der Waals surface area contributed by atoms with Gasteiger partial charge in [0.25, 0.3) is 0 Å². The van der Waals surface area contributed by atoms with Gasteiger partial charge in [0, 0.05) is 29.6 Å². The van der Waals surface area contributed by atoms with E-state index in [1.807, 2.05) is 18.5 Å². The summed E-state index contributed by atoms with van der Waals surface area (Å²) < 4.78 is 22.8. The van der Waals surface area contributed by atoms with Crippen LogP contribution in [0.2, 0.25) is 0 Å². The number of piperidine rings is 1. The summed E-state index contributed by atoms with van der Waals surface area (Å²) in [5.41, 5.74) is 4.95. The third-order valence-electron chi connectivity index (χ3n) is 7.78. The Balaban J connectivity index is 1.45. The minimum atomic E-state index is -0.318. The van der Waals surface area contributed by atoms with E-state index in [0.717, 1.165) is 48.3 Å². The fourth-order valence-corrected chi connectivity index (χ4v) is 5.75. The fraction of sp³-hybridized carbons (Fsp3) is 0.500. The molecule has 0 unspecified atom stereocenters. The molecule has 1 fully saturated rings. The molecule has 4 aromatic rings. The highest BCUT2D eigenvalue weighted by molar-refractivity contribution is 5.75. The largest absolute Gasteiger partial charge is 0.493 e. The molecule has 8 nitrogen and oxygen atoms in total. The van der Waals surface area contributed by atoms with E-state index in [9.17, 15) is 0 Å². The zero-order chi connectivity index (χ0) is 26.1. The number of halogens is 1. The van der Waals surface area contributed by atoms with Crippen LogP contribution in [0.25, 0.3) is 28.3 Å². The second kappa shape index (κ2) is 10.6. The molecule has 1 N–H and O–H groups in total. The second-order valence-corrected chi connectivity index (χ2v) is 10.2. The Hall–Kier alpha value is -3.33. The van der Waals surface area contributed by atoms with Crippen LogP contribution in [0.5, 0.6) is 5.75 Å². The van der Waals surface area contributed by atoms with Crippen molar-refractivity contribution >= 4 is 5.65 Å². The lowest BCUT2D eigenvalue weighted by atomic mass is 9.89. The summed E-state index contributed by atoms with van der Waals surface area (Å²) in [5, 5.41) is 11.9. The van der Waals surface area contributed by atoms with E-state index in [-0.39, 0.29) is 11.7 Å². The van der Waals surface area contributed by atoms with Crippen LogP contribution in [0.3, 0.4) is 0 Å². The molecule has 1 saturated heterocycles. The Kier molecular flexibility index (Phi) is 7.24. The van der Waals surface area contributed by atoms with Crippen molar-refractivity contribution in [2.75, 3.05) is 20.2 Å². The average Bonchev–Trinajstić information content (AvgIpc) is 3.57. The van der Waals surface area contributed by atoms with Gasteiger partial charge in [-0.3, -0.25) is 10.1 Å². The Bertz CT molecular complexity index is 1370. The minimum absolute atomic E-state index is 0.0801. The summed E-state index contributed by atoms with van der Waals surface area (Å²) in [7, 11) is 1.60. The van der Waals surface area contributed by atoms with Gasteiger partial charge < -0.3 is 9.64 Å². The van der Waals surface area contributed by atoms with E-state index in [2.05, 4.69) is 57.9 Å². The van der Waals surface area contributed by atoms with Crippen molar-refractivity contribution in [2.45, 2.75) is 71.3 Å². The van der Waals surface area contributed by atoms with Gasteiger partial charge in [0.05, 0.1) is 18.5 Å². The average molecular weight is 506 g/mol. The number of H-pyrrole nitrogens is 1. The zero-order valence-electron chi connectivity index (χ0n) is 22.3. The number of pyridine rings is 2. The van der Waals surface area contributed by atoms with E-state index in [4.69, 9.17) is 4.74 Å². The summed E-state index contributed by atoms with van der Waals surface area (Å²) >= 11 is 0. The van der Waals surface area contributed by atoms with Crippen LogP contribution in [0.4, 0.5) is 4.39 Å². The SMILES string of the molecule is CCC(CC)N1CCC(c2cnc(-c3[nH]nc(-c4cc(OC)c5ncnn5c4)c3C(C)C)c(F)c2)CC1. The van der Waals surface area contributed by atoms with Crippen LogP contribution < -0.4 is 4.74 Å². The molecule has 0 amide bonds. The first-order chi connectivity index (χ1) is 17.9. The van der Waals surface area contributed by atoms with Crippen molar-refractivity contribution < 1.29 is 9.13 Å². The standard InChI is InChI=1S/C28H36FN7O/c1-6-21(7-2)35-10-8-18(9-11-35)19-12-22(29)26(30-14-19)27-24(17(3)4)25(33-34-27)20-13-23(37-5)28-31-16-32-36(28)15-20/h12-18,21H,6-11H2,1-5H3,(H,33,34). The van der Waals surface area contributed by atoms with Crippen molar-refractivity contribution in [3.8, 4) is 28.4 Å². The predicted molar refractivity (Wildman–Crippen MR) is 142 cm³/mol. The van der Waals surface area contributed by atoms with E-state index in [1.165, 1.54) is 19.2 Å². The van der Waals surface area contributed by atoms with Gasteiger partial charge in [0.2, 0.25) is 0 Å². The molecule has 1 aliphatic heterocycles. The number of hydrogen-bond donors (Lipinski definition) is 1. The maximum Gasteiger partial charge on any atom is 0.197 e. The quantitative estimate of drug-likeness (QED) is 0.325. The highest BCUT2D eigenvalue weighted by Crippen LogP contribution is 2.38. The Morgan fingerprint density at radius 2 is 1.86 bits per heavy atom. The smallest absolute Gasteiger partial charge is 0.197 e. The molecule has 5 rings (SSSR count).